The third-order valence-corrected chi connectivity index (χ3v) is 9.18. The molecule has 1 atom stereocenters. The molecule has 0 aliphatic carbocycles. The van der Waals surface area contributed by atoms with E-state index in [4.69, 9.17) is 0 Å². The number of pyridine rings is 1. The molecule has 0 spiro atoms. The zero-order valence-corrected chi connectivity index (χ0v) is 24.5. The van der Waals surface area contributed by atoms with Gasteiger partial charge in [0.2, 0.25) is 16.0 Å². The molecule has 0 radical (unpaired) electrons. The molecule has 2 aromatic heterocycles. The number of hydrogen-bond donors (Lipinski definition) is 4. The standard InChI is InChI=1S/C25H32F3N6O5PS/c1-5-16(6-2)21(40(35,36)37)17-9-11-19(12-10-17)32-24-31-15-20(25(26,27)28)22(33-24)30-14-18-8-7-13-29-23(18)34(3)41(4,38)39/h7-13,15-16,21H,5-6,14H2,1-4H3,(H2,35,36,37)(H2,30,31,32,33). The summed E-state index contributed by atoms with van der Waals surface area (Å²) in [6.45, 7) is 3.50. The van der Waals surface area contributed by atoms with E-state index in [-0.39, 0.29) is 24.2 Å². The molecule has 0 bridgehead atoms. The van der Waals surface area contributed by atoms with Crippen LogP contribution in [0, 0.1) is 5.92 Å². The van der Waals surface area contributed by atoms with E-state index in [9.17, 15) is 35.9 Å². The summed E-state index contributed by atoms with van der Waals surface area (Å²) in [7, 11) is -6.84. The number of hydrogen-bond acceptors (Lipinski definition) is 8. The molecule has 41 heavy (non-hydrogen) atoms. The fourth-order valence-electron chi connectivity index (χ4n) is 4.34. The molecule has 0 amide bonds. The summed E-state index contributed by atoms with van der Waals surface area (Å²) in [5.74, 6) is -0.900. The summed E-state index contributed by atoms with van der Waals surface area (Å²) < 4.78 is 78.3. The van der Waals surface area contributed by atoms with Crippen molar-refractivity contribution >= 4 is 40.9 Å². The van der Waals surface area contributed by atoms with E-state index in [2.05, 4.69) is 25.6 Å². The van der Waals surface area contributed by atoms with Crippen molar-refractivity contribution in [2.45, 2.75) is 45.1 Å². The molecule has 0 fully saturated rings. The van der Waals surface area contributed by atoms with Crippen molar-refractivity contribution in [1.82, 2.24) is 15.0 Å². The molecule has 1 unspecified atom stereocenters. The molecule has 3 rings (SSSR count). The molecule has 0 saturated heterocycles. The molecule has 224 valence electrons. The Kier molecular flexibility index (Phi) is 10.0. The molecule has 0 saturated carbocycles. The van der Waals surface area contributed by atoms with E-state index in [1.807, 2.05) is 13.8 Å². The van der Waals surface area contributed by atoms with Crippen LogP contribution < -0.4 is 14.9 Å². The maximum Gasteiger partial charge on any atom is 0.421 e. The van der Waals surface area contributed by atoms with Crippen molar-refractivity contribution in [3.63, 3.8) is 0 Å². The lowest BCUT2D eigenvalue weighted by Gasteiger charge is -2.26. The fourth-order valence-corrected chi connectivity index (χ4v) is 6.35. The van der Waals surface area contributed by atoms with Gasteiger partial charge in [-0.05, 0) is 29.7 Å². The molecule has 4 N–H and O–H groups in total. The Hall–Kier alpha value is -3.26. The van der Waals surface area contributed by atoms with Crippen LogP contribution in [0.1, 0.15) is 49.0 Å². The normalized spacial score (nSPS) is 13.2. The van der Waals surface area contributed by atoms with E-state index < -0.39 is 40.8 Å². The molecule has 2 heterocycles. The number of nitrogens with one attached hydrogen (secondary N) is 2. The zero-order chi connectivity index (χ0) is 30.6. The minimum atomic E-state index is -4.78. The number of sulfonamides is 1. The van der Waals surface area contributed by atoms with Crippen LogP contribution in [0.15, 0.2) is 48.8 Å². The van der Waals surface area contributed by atoms with E-state index in [1.165, 1.54) is 37.5 Å². The van der Waals surface area contributed by atoms with E-state index in [0.717, 1.165) is 10.6 Å². The first-order valence-electron chi connectivity index (χ1n) is 12.5. The first kappa shape index (κ1) is 32.3. The average Bonchev–Trinajstić information content (AvgIpc) is 2.89. The number of alkyl halides is 3. The SMILES string of the molecule is CCC(CC)C(c1ccc(Nc2ncc(C(F)(F)F)c(NCc3cccnc3N(C)S(C)(=O)=O)n2)cc1)P(=O)(O)O. The Morgan fingerprint density at radius 3 is 2.24 bits per heavy atom. The highest BCUT2D eigenvalue weighted by Gasteiger charge is 2.36. The lowest BCUT2D eigenvalue weighted by atomic mass is 9.94. The van der Waals surface area contributed by atoms with Crippen molar-refractivity contribution in [2.75, 3.05) is 28.2 Å². The second-order valence-electron chi connectivity index (χ2n) is 9.38. The van der Waals surface area contributed by atoms with Gasteiger partial charge in [0.15, 0.2) is 0 Å². The van der Waals surface area contributed by atoms with Crippen LogP contribution in [0.5, 0.6) is 0 Å². The van der Waals surface area contributed by atoms with Crippen molar-refractivity contribution in [2.24, 2.45) is 5.92 Å². The lowest BCUT2D eigenvalue weighted by molar-refractivity contribution is -0.137. The third kappa shape index (κ3) is 8.15. The second-order valence-corrected chi connectivity index (χ2v) is 13.1. The number of benzene rings is 1. The van der Waals surface area contributed by atoms with Crippen molar-refractivity contribution in [3.05, 3.63) is 65.5 Å². The van der Waals surface area contributed by atoms with Gasteiger partial charge in [-0.2, -0.15) is 18.2 Å². The number of rotatable bonds is 12. The van der Waals surface area contributed by atoms with Gasteiger partial charge >= 0.3 is 13.8 Å². The van der Waals surface area contributed by atoms with Gasteiger partial charge in [-0.3, -0.25) is 8.87 Å². The van der Waals surface area contributed by atoms with Crippen LogP contribution in [-0.2, 0) is 27.3 Å². The fraction of sp³-hybridized carbons (Fsp3) is 0.400. The number of halogens is 3. The molecule has 3 aromatic rings. The largest absolute Gasteiger partial charge is 0.421 e. The predicted molar refractivity (Wildman–Crippen MR) is 150 cm³/mol. The Bertz CT molecular complexity index is 1500. The van der Waals surface area contributed by atoms with Gasteiger partial charge in [-0.1, -0.05) is 44.9 Å². The molecule has 0 aliphatic rings. The topological polar surface area (TPSA) is 158 Å². The molecular formula is C25H32F3N6O5PS. The average molecular weight is 617 g/mol. The highest BCUT2D eigenvalue weighted by molar-refractivity contribution is 7.92. The molecular weight excluding hydrogens is 584 g/mol. The van der Waals surface area contributed by atoms with Crippen LogP contribution in [-0.4, -0.2) is 46.5 Å². The van der Waals surface area contributed by atoms with Crippen LogP contribution in [0.4, 0.5) is 36.4 Å². The highest BCUT2D eigenvalue weighted by atomic mass is 32.2. The van der Waals surface area contributed by atoms with Gasteiger partial charge in [-0.25, -0.2) is 18.4 Å². The second kappa shape index (κ2) is 12.7. The van der Waals surface area contributed by atoms with Crippen LogP contribution >= 0.6 is 7.60 Å². The maximum absolute atomic E-state index is 13.7. The summed E-state index contributed by atoms with van der Waals surface area (Å²) >= 11 is 0. The Balaban J connectivity index is 1.89. The first-order valence-corrected chi connectivity index (χ1v) is 16.1. The van der Waals surface area contributed by atoms with Gasteiger partial charge in [0.25, 0.3) is 0 Å². The summed E-state index contributed by atoms with van der Waals surface area (Å²) in [5.41, 5.74) is -0.967. The summed E-state index contributed by atoms with van der Waals surface area (Å²) in [5, 5.41) is 5.43. The Labute approximate surface area is 236 Å². The van der Waals surface area contributed by atoms with Gasteiger partial charge < -0.3 is 20.4 Å². The Morgan fingerprint density at radius 1 is 1.07 bits per heavy atom. The van der Waals surface area contributed by atoms with E-state index in [0.29, 0.717) is 35.9 Å². The van der Waals surface area contributed by atoms with E-state index >= 15 is 0 Å². The number of nitrogens with zero attached hydrogens (tertiary/aromatic N) is 4. The van der Waals surface area contributed by atoms with Crippen molar-refractivity contribution in [1.29, 1.82) is 0 Å². The molecule has 11 nitrogen and oxygen atoms in total. The van der Waals surface area contributed by atoms with Crippen LogP contribution in [0.25, 0.3) is 0 Å². The third-order valence-electron chi connectivity index (χ3n) is 6.57. The Morgan fingerprint density at radius 2 is 1.71 bits per heavy atom. The lowest BCUT2D eigenvalue weighted by Crippen LogP contribution is -2.27. The molecule has 16 heteroatoms. The van der Waals surface area contributed by atoms with Crippen LogP contribution in [0.2, 0.25) is 0 Å². The minimum absolute atomic E-state index is 0.0468. The molecule has 0 aliphatic heterocycles. The smallest absolute Gasteiger partial charge is 0.365 e. The number of aromatic nitrogens is 3. The van der Waals surface area contributed by atoms with Crippen molar-refractivity contribution < 1.29 is 35.9 Å². The molecule has 1 aromatic carbocycles. The monoisotopic (exact) mass is 616 g/mol. The van der Waals surface area contributed by atoms with Crippen LogP contribution in [0.3, 0.4) is 0 Å². The highest BCUT2D eigenvalue weighted by Crippen LogP contribution is 2.57. The van der Waals surface area contributed by atoms with Gasteiger partial charge in [0.1, 0.15) is 17.2 Å². The summed E-state index contributed by atoms with van der Waals surface area (Å²) in [6.07, 6.45) is -0.661. The van der Waals surface area contributed by atoms with E-state index in [1.54, 1.807) is 12.1 Å². The first-order chi connectivity index (χ1) is 19.1. The predicted octanol–water partition coefficient (Wildman–Crippen LogP) is 5.30. The van der Waals surface area contributed by atoms with Gasteiger partial charge in [0.05, 0.1) is 11.9 Å². The van der Waals surface area contributed by atoms with Gasteiger partial charge in [-0.15, -0.1) is 0 Å². The number of anilines is 4. The summed E-state index contributed by atoms with van der Waals surface area (Å²) in [6, 6.07) is 9.23. The summed E-state index contributed by atoms with van der Waals surface area (Å²) in [4.78, 5) is 31.7. The quantitative estimate of drug-likeness (QED) is 0.197. The van der Waals surface area contributed by atoms with Crippen molar-refractivity contribution in [3.8, 4) is 0 Å². The minimum Gasteiger partial charge on any atom is -0.365 e. The van der Waals surface area contributed by atoms with Gasteiger partial charge in [0, 0.05) is 37.2 Å². The zero-order valence-electron chi connectivity index (χ0n) is 22.8. The maximum atomic E-state index is 13.7.